The van der Waals surface area contributed by atoms with Crippen LogP contribution in [0.2, 0.25) is 0 Å². The van der Waals surface area contributed by atoms with Gasteiger partial charge in [-0.05, 0) is 19.4 Å². The zero-order valence-corrected chi connectivity index (χ0v) is 14.4. The molecule has 11 heteroatoms. The minimum atomic E-state index is -2.75. The van der Waals surface area contributed by atoms with Gasteiger partial charge in [-0.15, -0.1) is 0 Å². The Kier molecular flexibility index (Phi) is 4.30. The Morgan fingerprint density at radius 3 is 2.96 bits per heavy atom. The number of fused-ring (bicyclic) bond motifs is 1. The molecule has 3 aromatic rings. The SMILES string of the molecule is Cc1cnoc1C(=O)N1CCC(N)[C@H](c2cc(C(F)F)nc3ncnn23)C1. The first-order valence-electron chi connectivity index (χ1n) is 8.40. The predicted octanol–water partition coefficient (Wildman–Crippen LogP) is 1.32. The molecule has 9 nitrogen and oxygen atoms in total. The molecule has 0 spiro atoms. The lowest BCUT2D eigenvalue weighted by atomic mass is 9.89. The molecule has 1 amide bonds. The summed E-state index contributed by atoms with van der Waals surface area (Å²) in [4.78, 5) is 22.1. The van der Waals surface area contributed by atoms with Crippen LogP contribution in [-0.2, 0) is 0 Å². The Morgan fingerprint density at radius 2 is 2.26 bits per heavy atom. The summed E-state index contributed by atoms with van der Waals surface area (Å²) >= 11 is 0. The second-order valence-electron chi connectivity index (χ2n) is 6.53. The molecular weight excluding hydrogens is 360 g/mol. The topological polar surface area (TPSA) is 115 Å². The summed E-state index contributed by atoms with van der Waals surface area (Å²) in [6.45, 7) is 2.40. The number of nitrogens with two attached hydrogens (primary N) is 1. The van der Waals surface area contributed by atoms with Gasteiger partial charge in [-0.3, -0.25) is 4.79 Å². The fourth-order valence-corrected chi connectivity index (χ4v) is 3.34. The molecule has 2 atom stereocenters. The number of aryl methyl sites for hydroxylation is 1. The van der Waals surface area contributed by atoms with E-state index in [1.807, 2.05) is 0 Å². The van der Waals surface area contributed by atoms with Gasteiger partial charge in [0.1, 0.15) is 12.0 Å². The molecule has 1 aliphatic rings. The van der Waals surface area contributed by atoms with Crippen LogP contribution in [-0.4, -0.2) is 54.7 Å². The van der Waals surface area contributed by atoms with Gasteiger partial charge in [-0.1, -0.05) is 5.16 Å². The van der Waals surface area contributed by atoms with Gasteiger partial charge in [0.15, 0.2) is 0 Å². The second kappa shape index (κ2) is 6.65. The van der Waals surface area contributed by atoms with Crippen molar-refractivity contribution in [2.45, 2.75) is 31.7 Å². The summed E-state index contributed by atoms with van der Waals surface area (Å²) < 4.78 is 32.9. The van der Waals surface area contributed by atoms with E-state index in [0.29, 0.717) is 24.2 Å². The summed E-state index contributed by atoms with van der Waals surface area (Å²) in [6, 6.07) is 0.954. The van der Waals surface area contributed by atoms with Crippen LogP contribution in [0.5, 0.6) is 0 Å². The number of carbonyl (C=O) groups is 1. The summed E-state index contributed by atoms with van der Waals surface area (Å²) in [5.41, 5.74) is 6.95. The molecule has 1 aliphatic heterocycles. The predicted molar refractivity (Wildman–Crippen MR) is 88.2 cm³/mol. The summed E-state index contributed by atoms with van der Waals surface area (Å²) in [6.07, 6.45) is 0.472. The van der Waals surface area contributed by atoms with Gasteiger partial charge >= 0.3 is 0 Å². The molecule has 4 heterocycles. The van der Waals surface area contributed by atoms with Crippen LogP contribution in [0, 0.1) is 6.92 Å². The fourth-order valence-electron chi connectivity index (χ4n) is 3.34. The Morgan fingerprint density at radius 1 is 1.44 bits per heavy atom. The van der Waals surface area contributed by atoms with E-state index in [1.54, 1.807) is 11.8 Å². The molecule has 1 fully saturated rings. The first-order chi connectivity index (χ1) is 13.0. The Hall–Kier alpha value is -2.95. The first kappa shape index (κ1) is 17.5. The standard InChI is InChI=1S/C16H17F2N7O2/c1-8-5-22-27-13(8)15(26)24-3-2-10(19)9(6-24)12-4-11(14(17)18)23-16-20-7-21-25(12)16/h4-5,7,9-10,14H,2-3,6,19H2,1H3/t9-,10?/m1/s1. The second-order valence-corrected chi connectivity index (χ2v) is 6.53. The summed E-state index contributed by atoms with van der Waals surface area (Å²) in [7, 11) is 0. The molecule has 0 radical (unpaired) electrons. The van der Waals surface area contributed by atoms with Gasteiger partial charge in [0.05, 0.1) is 11.9 Å². The van der Waals surface area contributed by atoms with Crippen LogP contribution >= 0.6 is 0 Å². The number of aromatic nitrogens is 5. The minimum absolute atomic E-state index is 0.0736. The lowest BCUT2D eigenvalue weighted by Crippen LogP contribution is -2.48. The molecular formula is C16H17F2N7O2. The van der Waals surface area contributed by atoms with Crippen molar-refractivity contribution >= 4 is 11.7 Å². The van der Waals surface area contributed by atoms with Crippen molar-refractivity contribution in [3.8, 4) is 0 Å². The van der Waals surface area contributed by atoms with Gasteiger partial charge in [0, 0.05) is 30.6 Å². The maximum atomic E-state index is 13.2. The summed E-state index contributed by atoms with van der Waals surface area (Å²) in [5.74, 6) is -0.474. The summed E-state index contributed by atoms with van der Waals surface area (Å²) in [5, 5.41) is 7.71. The smallest absolute Gasteiger partial charge is 0.292 e. The average molecular weight is 377 g/mol. The average Bonchev–Trinajstić information content (AvgIpc) is 3.29. The van der Waals surface area contributed by atoms with Crippen LogP contribution in [0.1, 0.15) is 46.3 Å². The number of hydrogen-bond acceptors (Lipinski definition) is 7. The number of likely N-dealkylation sites (tertiary alicyclic amines) is 1. The zero-order chi connectivity index (χ0) is 19.1. The number of nitrogens with zero attached hydrogens (tertiary/aromatic N) is 6. The third-order valence-electron chi connectivity index (χ3n) is 4.80. The van der Waals surface area contributed by atoms with Crippen LogP contribution in [0.4, 0.5) is 8.78 Å². The highest BCUT2D eigenvalue weighted by atomic mass is 19.3. The number of rotatable bonds is 3. The number of piperidine rings is 1. The third kappa shape index (κ3) is 3.03. The Bertz CT molecular complexity index is 986. The van der Waals surface area contributed by atoms with Crippen molar-refractivity contribution in [2.75, 3.05) is 13.1 Å². The maximum absolute atomic E-state index is 13.2. The van der Waals surface area contributed by atoms with E-state index in [9.17, 15) is 13.6 Å². The van der Waals surface area contributed by atoms with E-state index in [1.165, 1.54) is 23.1 Å². The quantitative estimate of drug-likeness (QED) is 0.732. The van der Waals surface area contributed by atoms with Crippen molar-refractivity contribution in [1.82, 2.24) is 29.6 Å². The van der Waals surface area contributed by atoms with E-state index in [-0.39, 0.29) is 30.0 Å². The molecule has 2 N–H and O–H groups in total. The Labute approximate surface area is 152 Å². The molecule has 0 bridgehead atoms. The molecule has 4 rings (SSSR count). The van der Waals surface area contributed by atoms with Crippen LogP contribution in [0.25, 0.3) is 5.78 Å². The van der Waals surface area contributed by atoms with Gasteiger partial charge in [-0.2, -0.15) is 10.1 Å². The molecule has 0 aliphatic carbocycles. The van der Waals surface area contributed by atoms with E-state index >= 15 is 0 Å². The van der Waals surface area contributed by atoms with E-state index in [4.69, 9.17) is 10.3 Å². The molecule has 27 heavy (non-hydrogen) atoms. The van der Waals surface area contributed by atoms with Crippen molar-refractivity contribution in [3.63, 3.8) is 0 Å². The Balaban J connectivity index is 1.70. The van der Waals surface area contributed by atoms with Gasteiger partial charge in [-0.25, -0.2) is 18.3 Å². The van der Waals surface area contributed by atoms with Crippen LogP contribution in [0.15, 0.2) is 23.1 Å². The number of hydrogen-bond donors (Lipinski definition) is 1. The lowest BCUT2D eigenvalue weighted by molar-refractivity contribution is 0.0648. The molecule has 1 unspecified atom stereocenters. The molecule has 3 aromatic heterocycles. The maximum Gasteiger partial charge on any atom is 0.292 e. The van der Waals surface area contributed by atoms with E-state index < -0.39 is 18.0 Å². The molecule has 142 valence electrons. The number of halogens is 2. The van der Waals surface area contributed by atoms with Crippen molar-refractivity contribution in [3.05, 3.63) is 41.3 Å². The van der Waals surface area contributed by atoms with Crippen molar-refractivity contribution in [1.29, 1.82) is 0 Å². The van der Waals surface area contributed by atoms with Gasteiger partial charge in [0.25, 0.3) is 18.1 Å². The highest BCUT2D eigenvalue weighted by Crippen LogP contribution is 2.29. The van der Waals surface area contributed by atoms with Gasteiger partial charge < -0.3 is 15.2 Å². The third-order valence-corrected chi connectivity index (χ3v) is 4.80. The van der Waals surface area contributed by atoms with E-state index in [0.717, 1.165) is 0 Å². The van der Waals surface area contributed by atoms with Crippen molar-refractivity contribution < 1.29 is 18.1 Å². The first-order valence-corrected chi connectivity index (χ1v) is 8.40. The normalized spacial score (nSPS) is 20.6. The van der Waals surface area contributed by atoms with E-state index in [2.05, 4.69) is 20.2 Å². The number of amides is 1. The van der Waals surface area contributed by atoms with Crippen molar-refractivity contribution in [2.24, 2.45) is 5.73 Å². The number of carbonyl (C=O) groups excluding carboxylic acids is 1. The monoisotopic (exact) mass is 377 g/mol. The highest BCUT2D eigenvalue weighted by Gasteiger charge is 2.35. The molecule has 0 aromatic carbocycles. The van der Waals surface area contributed by atoms with Gasteiger partial charge in [0.2, 0.25) is 5.76 Å². The lowest BCUT2D eigenvalue weighted by Gasteiger charge is -2.36. The fraction of sp³-hybridized carbons (Fsp3) is 0.438. The molecule has 0 saturated carbocycles. The molecule has 1 saturated heterocycles. The minimum Gasteiger partial charge on any atom is -0.351 e. The zero-order valence-electron chi connectivity index (χ0n) is 14.4. The van der Waals surface area contributed by atoms with Crippen LogP contribution < -0.4 is 5.73 Å². The largest absolute Gasteiger partial charge is 0.351 e. The number of alkyl halides is 2. The highest BCUT2D eigenvalue weighted by molar-refractivity contribution is 5.92. The van der Waals surface area contributed by atoms with Crippen LogP contribution in [0.3, 0.4) is 0 Å².